The second-order valence-electron chi connectivity index (χ2n) is 10.9. The molecule has 7 nitrogen and oxygen atoms in total. The van der Waals surface area contributed by atoms with Crippen LogP contribution in [0.2, 0.25) is 0 Å². The number of allylic oxidation sites excluding steroid dienone is 3. The van der Waals surface area contributed by atoms with Gasteiger partial charge >= 0.3 is 0 Å². The van der Waals surface area contributed by atoms with Crippen LogP contribution in [-0.2, 0) is 26.0 Å². The van der Waals surface area contributed by atoms with E-state index in [0.717, 1.165) is 34.5 Å². The molecule has 1 aromatic carbocycles. The fourth-order valence-corrected chi connectivity index (χ4v) is 4.15. The van der Waals surface area contributed by atoms with E-state index in [1.54, 1.807) is 18.3 Å². The average molecular weight is 478 g/mol. The molecule has 35 heavy (non-hydrogen) atoms. The van der Waals surface area contributed by atoms with E-state index < -0.39 is 5.60 Å². The number of fused-ring (bicyclic) bond motifs is 1. The Kier molecular flexibility index (Phi) is 7.80. The normalized spacial score (nSPS) is 12.7. The zero-order chi connectivity index (χ0) is 25.8. The minimum Gasteiger partial charge on any atom is -0.487 e. The molecule has 0 amide bonds. The first kappa shape index (κ1) is 26.2. The van der Waals surface area contributed by atoms with Gasteiger partial charge in [-0.25, -0.2) is 0 Å². The fraction of sp³-hybridized carbons (Fsp3) is 0.393. The Hall–Kier alpha value is -3.45. The molecule has 0 bridgehead atoms. The summed E-state index contributed by atoms with van der Waals surface area (Å²) in [7, 11) is 0. The minimum atomic E-state index is -0.892. The van der Waals surface area contributed by atoms with Crippen molar-refractivity contribution in [3.63, 3.8) is 0 Å². The molecule has 188 valence electrons. The summed E-state index contributed by atoms with van der Waals surface area (Å²) < 4.78 is 8.27. The predicted molar refractivity (Wildman–Crippen MR) is 142 cm³/mol. The Morgan fingerprint density at radius 2 is 1.77 bits per heavy atom. The molecule has 0 aliphatic rings. The lowest BCUT2D eigenvalue weighted by Crippen LogP contribution is -2.26. The largest absolute Gasteiger partial charge is 0.487 e. The highest BCUT2D eigenvalue weighted by atomic mass is 16.5. The van der Waals surface area contributed by atoms with Gasteiger partial charge in [0.05, 0.1) is 23.7 Å². The number of pyridine rings is 1. The number of aliphatic hydroxyl groups is 1. The van der Waals surface area contributed by atoms with Gasteiger partial charge in [0.25, 0.3) is 0 Å². The number of aromatic nitrogens is 2. The van der Waals surface area contributed by atoms with E-state index in [-0.39, 0.29) is 11.2 Å². The summed E-state index contributed by atoms with van der Waals surface area (Å²) in [5.74, 6) is 0.970. The van der Waals surface area contributed by atoms with Gasteiger partial charge in [-0.3, -0.25) is 4.98 Å². The second-order valence-corrected chi connectivity index (χ2v) is 10.9. The lowest BCUT2D eigenvalue weighted by atomic mass is 9.85. The van der Waals surface area contributed by atoms with Crippen molar-refractivity contribution in [2.24, 2.45) is 22.6 Å². The summed E-state index contributed by atoms with van der Waals surface area (Å²) in [6, 6.07) is 11.9. The van der Waals surface area contributed by atoms with E-state index in [4.69, 9.17) is 21.9 Å². The van der Waals surface area contributed by atoms with Gasteiger partial charge in [0.2, 0.25) is 0 Å². The summed E-state index contributed by atoms with van der Waals surface area (Å²) in [4.78, 5) is 4.34. The monoisotopic (exact) mass is 477 g/mol. The van der Waals surface area contributed by atoms with Crippen molar-refractivity contribution >= 4 is 10.9 Å². The number of nitrogens with two attached hydrogens (primary N) is 3. The van der Waals surface area contributed by atoms with Crippen molar-refractivity contribution in [1.82, 2.24) is 9.55 Å². The first-order chi connectivity index (χ1) is 16.3. The maximum atomic E-state index is 10.8. The van der Waals surface area contributed by atoms with Gasteiger partial charge in [0.1, 0.15) is 12.4 Å². The van der Waals surface area contributed by atoms with Crippen LogP contribution in [0.3, 0.4) is 0 Å². The SMILES string of the molecule is CC(C)(C)Cc1c(CC(C)(C)O)n(CC(N)=CC=C(N)N)c2ccc(OCc3ccccn3)cc12. The van der Waals surface area contributed by atoms with E-state index in [1.165, 1.54) is 5.56 Å². The molecule has 7 heteroatoms. The first-order valence-corrected chi connectivity index (χ1v) is 11.9. The van der Waals surface area contributed by atoms with Gasteiger partial charge in [-0.15, -0.1) is 0 Å². The molecule has 2 heterocycles. The van der Waals surface area contributed by atoms with Crippen molar-refractivity contribution in [1.29, 1.82) is 0 Å². The summed E-state index contributed by atoms with van der Waals surface area (Å²) >= 11 is 0. The van der Waals surface area contributed by atoms with Crippen molar-refractivity contribution in [3.8, 4) is 5.75 Å². The van der Waals surface area contributed by atoms with Crippen LogP contribution in [0.5, 0.6) is 5.75 Å². The molecule has 0 fully saturated rings. The van der Waals surface area contributed by atoms with Crippen molar-refractivity contribution in [3.05, 3.63) is 83.2 Å². The third-order valence-corrected chi connectivity index (χ3v) is 5.51. The van der Waals surface area contributed by atoms with Crippen LogP contribution < -0.4 is 21.9 Å². The van der Waals surface area contributed by atoms with Crippen LogP contribution in [0.15, 0.2) is 66.3 Å². The van der Waals surface area contributed by atoms with E-state index in [2.05, 4.69) is 42.5 Å². The highest BCUT2D eigenvalue weighted by Crippen LogP contribution is 2.36. The molecule has 0 atom stereocenters. The van der Waals surface area contributed by atoms with Crippen LogP contribution in [0.1, 0.15) is 51.6 Å². The van der Waals surface area contributed by atoms with Crippen LogP contribution in [0.4, 0.5) is 0 Å². The summed E-state index contributed by atoms with van der Waals surface area (Å²) in [5.41, 5.74) is 21.4. The lowest BCUT2D eigenvalue weighted by Gasteiger charge is -2.24. The van der Waals surface area contributed by atoms with Gasteiger partial charge in [0.15, 0.2) is 0 Å². The Morgan fingerprint density at radius 3 is 2.37 bits per heavy atom. The first-order valence-electron chi connectivity index (χ1n) is 11.9. The van der Waals surface area contributed by atoms with Crippen molar-refractivity contribution < 1.29 is 9.84 Å². The molecule has 3 aromatic rings. The molecule has 0 aliphatic carbocycles. The molecule has 0 aliphatic heterocycles. The Balaban J connectivity index is 2.13. The molecule has 2 aromatic heterocycles. The van der Waals surface area contributed by atoms with E-state index in [1.807, 2.05) is 38.1 Å². The van der Waals surface area contributed by atoms with Crippen molar-refractivity contribution in [2.75, 3.05) is 0 Å². The molecular formula is C28H39N5O2. The molecule has 0 unspecified atom stereocenters. The fourth-order valence-electron chi connectivity index (χ4n) is 4.15. The molecule has 7 N–H and O–H groups in total. The van der Waals surface area contributed by atoms with Gasteiger partial charge in [0, 0.05) is 34.9 Å². The zero-order valence-electron chi connectivity index (χ0n) is 21.5. The van der Waals surface area contributed by atoms with E-state index >= 15 is 0 Å². The number of benzene rings is 1. The number of hydrogen-bond donors (Lipinski definition) is 4. The quantitative estimate of drug-likeness (QED) is 0.344. The Labute approximate surface area is 208 Å². The second kappa shape index (κ2) is 10.4. The third kappa shape index (κ3) is 7.52. The summed E-state index contributed by atoms with van der Waals surface area (Å²) in [5, 5.41) is 11.9. The van der Waals surface area contributed by atoms with Crippen LogP contribution in [0.25, 0.3) is 10.9 Å². The van der Waals surface area contributed by atoms with E-state index in [0.29, 0.717) is 25.3 Å². The molecule has 0 saturated heterocycles. The van der Waals surface area contributed by atoms with Gasteiger partial charge in [-0.2, -0.15) is 0 Å². The number of ether oxygens (including phenoxy) is 1. The minimum absolute atomic E-state index is 0.0381. The van der Waals surface area contributed by atoms with Crippen LogP contribution in [0, 0.1) is 5.41 Å². The van der Waals surface area contributed by atoms with Crippen LogP contribution >= 0.6 is 0 Å². The summed E-state index contributed by atoms with van der Waals surface area (Å²) in [6.45, 7) is 11.1. The zero-order valence-corrected chi connectivity index (χ0v) is 21.5. The number of nitrogens with zero attached hydrogens (tertiary/aromatic N) is 2. The maximum Gasteiger partial charge on any atom is 0.130 e. The highest BCUT2D eigenvalue weighted by molar-refractivity contribution is 5.87. The predicted octanol–water partition coefficient (Wildman–Crippen LogP) is 4.12. The Bertz CT molecular complexity index is 1210. The third-order valence-electron chi connectivity index (χ3n) is 5.51. The van der Waals surface area contributed by atoms with Crippen LogP contribution in [-0.4, -0.2) is 20.3 Å². The molecule has 3 rings (SSSR count). The van der Waals surface area contributed by atoms with E-state index in [9.17, 15) is 5.11 Å². The standard InChI is InChI=1S/C28H39N5O2/c1-27(2,3)15-23-22-14-21(35-18-20-8-6-7-13-32-20)10-11-24(22)33(25(23)16-28(4,5)34)17-19(29)9-12-26(30)31/h6-14,34H,15-18,29-31H2,1-5H3. The smallest absolute Gasteiger partial charge is 0.130 e. The van der Waals surface area contributed by atoms with Crippen molar-refractivity contribution in [2.45, 2.75) is 66.2 Å². The topological polar surface area (TPSA) is 125 Å². The molecule has 0 spiro atoms. The average Bonchev–Trinajstić information content (AvgIpc) is 3.01. The van der Waals surface area contributed by atoms with Gasteiger partial charge in [-0.1, -0.05) is 26.8 Å². The summed E-state index contributed by atoms with van der Waals surface area (Å²) in [6.07, 6.45) is 6.40. The van der Waals surface area contributed by atoms with Gasteiger partial charge < -0.3 is 31.6 Å². The maximum absolute atomic E-state index is 10.8. The Morgan fingerprint density at radius 1 is 1.03 bits per heavy atom. The lowest BCUT2D eigenvalue weighted by molar-refractivity contribution is 0.0788. The number of rotatable bonds is 9. The van der Waals surface area contributed by atoms with Gasteiger partial charge in [-0.05, 0) is 73.7 Å². The molecular weight excluding hydrogens is 438 g/mol. The number of hydrogen-bond acceptors (Lipinski definition) is 6. The molecule has 0 radical (unpaired) electrons. The highest BCUT2D eigenvalue weighted by Gasteiger charge is 2.26. The molecule has 0 saturated carbocycles.